The number of primary amides is 1. The zero-order chi connectivity index (χ0) is 27.4. The third-order valence-electron chi connectivity index (χ3n) is 5.42. The molecule has 0 aliphatic heterocycles. The minimum absolute atomic E-state index is 0.135. The summed E-state index contributed by atoms with van der Waals surface area (Å²) in [6.45, 7) is 3.41. The molecule has 4 amide bonds. The van der Waals surface area contributed by atoms with Crippen molar-refractivity contribution >= 4 is 35.6 Å². The fourth-order valence-corrected chi connectivity index (χ4v) is 3.16. The lowest BCUT2D eigenvalue weighted by molar-refractivity contribution is -0.143. The number of hydrogen-bond acceptors (Lipinski definition) is 8. The number of aromatic nitrogens is 2. The number of carboxylic acid groups (broad SMARTS) is 2. The number of nitrogens with two attached hydrogens (primary N) is 2. The molecule has 1 heterocycles. The van der Waals surface area contributed by atoms with E-state index in [-0.39, 0.29) is 12.8 Å². The number of H-pyrrole nitrogens is 1. The molecule has 36 heavy (non-hydrogen) atoms. The number of rotatable bonds is 16. The second-order valence-electron chi connectivity index (χ2n) is 8.32. The van der Waals surface area contributed by atoms with Gasteiger partial charge in [-0.2, -0.15) is 0 Å². The predicted molar refractivity (Wildman–Crippen MR) is 124 cm³/mol. The molecule has 0 fully saturated rings. The summed E-state index contributed by atoms with van der Waals surface area (Å²) < 4.78 is 0. The van der Waals surface area contributed by atoms with Gasteiger partial charge >= 0.3 is 11.9 Å². The van der Waals surface area contributed by atoms with Gasteiger partial charge in [-0.1, -0.05) is 20.3 Å². The van der Waals surface area contributed by atoms with Crippen molar-refractivity contribution in [3.8, 4) is 0 Å². The van der Waals surface area contributed by atoms with E-state index in [0.717, 1.165) is 0 Å². The Bertz CT molecular complexity index is 937. The number of carboxylic acids is 2. The molecule has 0 aliphatic rings. The molecular formula is C21H33N7O8. The number of hydrogen-bond donors (Lipinski definition) is 8. The largest absolute Gasteiger partial charge is 0.481 e. The summed E-state index contributed by atoms with van der Waals surface area (Å²) in [5.74, 6) is -6.38. The first-order valence-corrected chi connectivity index (χ1v) is 11.2. The second-order valence-corrected chi connectivity index (χ2v) is 8.32. The van der Waals surface area contributed by atoms with Crippen LogP contribution < -0.4 is 27.4 Å². The van der Waals surface area contributed by atoms with Crippen molar-refractivity contribution < 1.29 is 39.0 Å². The maximum absolute atomic E-state index is 13.0. The molecule has 1 aromatic rings. The van der Waals surface area contributed by atoms with Crippen LogP contribution >= 0.6 is 0 Å². The van der Waals surface area contributed by atoms with E-state index < -0.39 is 78.5 Å². The Morgan fingerprint density at radius 2 is 1.67 bits per heavy atom. The molecule has 15 nitrogen and oxygen atoms in total. The van der Waals surface area contributed by atoms with Crippen molar-refractivity contribution in [3.63, 3.8) is 0 Å². The highest BCUT2D eigenvalue weighted by Gasteiger charge is 2.33. The minimum Gasteiger partial charge on any atom is -0.481 e. The van der Waals surface area contributed by atoms with Crippen molar-refractivity contribution in [3.05, 3.63) is 18.2 Å². The number of amides is 4. The molecule has 5 atom stereocenters. The Balaban J connectivity index is 3.04. The van der Waals surface area contributed by atoms with Crippen molar-refractivity contribution in [1.82, 2.24) is 25.9 Å². The van der Waals surface area contributed by atoms with E-state index >= 15 is 0 Å². The van der Waals surface area contributed by atoms with E-state index in [1.807, 2.05) is 0 Å². The Morgan fingerprint density at radius 3 is 2.17 bits per heavy atom. The van der Waals surface area contributed by atoms with E-state index in [4.69, 9.17) is 16.6 Å². The predicted octanol–water partition coefficient (Wildman–Crippen LogP) is -2.40. The first kappa shape index (κ1) is 30.0. The summed E-state index contributed by atoms with van der Waals surface area (Å²) in [5.41, 5.74) is 11.1. The fourth-order valence-electron chi connectivity index (χ4n) is 3.16. The van der Waals surface area contributed by atoms with E-state index in [0.29, 0.717) is 12.1 Å². The number of imidazole rings is 1. The van der Waals surface area contributed by atoms with Gasteiger partial charge in [0.15, 0.2) is 0 Å². The van der Waals surface area contributed by atoms with Gasteiger partial charge in [-0.25, -0.2) is 9.78 Å². The van der Waals surface area contributed by atoms with Crippen LogP contribution in [-0.2, 0) is 35.2 Å². The summed E-state index contributed by atoms with van der Waals surface area (Å²) in [5, 5.41) is 25.7. The van der Waals surface area contributed by atoms with Gasteiger partial charge in [-0.05, 0) is 12.3 Å². The third kappa shape index (κ3) is 10.1. The van der Waals surface area contributed by atoms with Gasteiger partial charge in [0.1, 0.15) is 18.1 Å². The van der Waals surface area contributed by atoms with Crippen LogP contribution in [0.5, 0.6) is 0 Å². The molecule has 5 unspecified atom stereocenters. The number of carbonyl (C=O) groups excluding carboxylic acids is 4. The van der Waals surface area contributed by atoms with Crippen LogP contribution in [0.3, 0.4) is 0 Å². The van der Waals surface area contributed by atoms with E-state index in [1.165, 1.54) is 12.5 Å². The maximum atomic E-state index is 13.0. The van der Waals surface area contributed by atoms with E-state index in [1.54, 1.807) is 13.8 Å². The standard InChI is InChI=1S/C21H33N7O8/c1-3-10(2)17(28-18(32)12(22)7-15(23)29)20(34)26-13(4-5-16(30)31)19(33)27-14(21(35)36)6-11-8-24-9-25-11/h8-10,12-14,17H,3-7,22H2,1-2H3,(H2,23,29)(H,24,25)(H,26,34)(H,27,33)(H,28,32)(H,30,31)(H,35,36). The van der Waals surface area contributed by atoms with Gasteiger partial charge in [-0.15, -0.1) is 0 Å². The second kappa shape index (κ2) is 14.4. The maximum Gasteiger partial charge on any atom is 0.326 e. The van der Waals surface area contributed by atoms with Crippen LogP contribution in [0.15, 0.2) is 12.5 Å². The fraction of sp³-hybridized carbons (Fsp3) is 0.571. The van der Waals surface area contributed by atoms with Gasteiger partial charge in [0.2, 0.25) is 23.6 Å². The van der Waals surface area contributed by atoms with Crippen LogP contribution in [0, 0.1) is 5.92 Å². The molecular weight excluding hydrogens is 478 g/mol. The summed E-state index contributed by atoms with van der Waals surface area (Å²) in [4.78, 5) is 78.6. The van der Waals surface area contributed by atoms with Crippen LogP contribution in [0.1, 0.15) is 45.2 Å². The highest BCUT2D eigenvalue weighted by molar-refractivity contribution is 5.95. The number of nitrogens with one attached hydrogen (secondary N) is 4. The molecule has 200 valence electrons. The summed E-state index contributed by atoms with van der Waals surface area (Å²) >= 11 is 0. The Labute approximate surface area is 206 Å². The quantitative estimate of drug-likeness (QED) is 0.117. The zero-order valence-corrected chi connectivity index (χ0v) is 20.0. The van der Waals surface area contributed by atoms with Crippen molar-refractivity contribution in [1.29, 1.82) is 0 Å². The zero-order valence-electron chi connectivity index (χ0n) is 20.0. The molecule has 1 aromatic heterocycles. The first-order valence-electron chi connectivity index (χ1n) is 11.2. The lowest BCUT2D eigenvalue weighted by Gasteiger charge is -2.27. The molecule has 10 N–H and O–H groups in total. The number of carbonyl (C=O) groups is 6. The Hall–Kier alpha value is -4.01. The summed E-state index contributed by atoms with van der Waals surface area (Å²) in [6.07, 6.45) is 1.73. The molecule has 0 aromatic carbocycles. The molecule has 0 spiro atoms. The topological polar surface area (TPSA) is 260 Å². The lowest BCUT2D eigenvalue weighted by Crippen LogP contribution is -2.59. The van der Waals surface area contributed by atoms with E-state index in [9.17, 15) is 33.9 Å². The van der Waals surface area contributed by atoms with Gasteiger partial charge in [-0.3, -0.25) is 24.0 Å². The first-order chi connectivity index (χ1) is 16.8. The average molecular weight is 512 g/mol. The van der Waals surface area contributed by atoms with Crippen LogP contribution in [0.2, 0.25) is 0 Å². The molecule has 0 bridgehead atoms. The minimum atomic E-state index is -1.42. The Kier molecular flexibility index (Phi) is 12.0. The van der Waals surface area contributed by atoms with Crippen molar-refractivity contribution in [2.75, 3.05) is 0 Å². The van der Waals surface area contributed by atoms with E-state index in [2.05, 4.69) is 25.9 Å². The molecule has 0 saturated carbocycles. The smallest absolute Gasteiger partial charge is 0.326 e. The molecule has 0 aliphatic carbocycles. The third-order valence-corrected chi connectivity index (χ3v) is 5.42. The molecule has 15 heteroatoms. The highest BCUT2D eigenvalue weighted by Crippen LogP contribution is 2.10. The lowest BCUT2D eigenvalue weighted by atomic mass is 9.97. The number of nitrogens with zero attached hydrogens (tertiary/aromatic N) is 1. The van der Waals surface area contributed by atoms with Crippen molar-refractivity contribution in [2.45, 2.75) is 70.1 Å². The van der Waals surface area contributed by atoms with Gasteiger partial charge in [0.05, 0.1) is 18.8 Å². The number of aliphatic carboxylic acids is 2. The highest BCUT2D eigenvalue weighted by atomic mass is 16.4. The van der Waals surface area contributed by atoms with Crippen LogP contribution in [-0.4, -0.2) is 79.9 Å². The average Bonchev–Trinajstić information content (AvgIpc) is 3.31. The summed E-state index contributed by atoms with van der Waals surface area (Å²) in [6, 6.07) is -5.28. The van der Waals surface area contributed by atoms with Gasteiger partial charge < -0.3 is 42.6 Å². The van der Waals surface area contributed by atoms with Gasteiger partial charge in [0.25, 0.3) is 0 Å². The van der Waals surface area contributed by atoms with Crippen LogP contribution in [0.25, 0.3) is 0 Å². The normalized spacial score (nSPS) is 15.0. The monoisotopic (exact) mass is 511 g/mol. The van der Waals surface area contributed by atoms with Crippen LogP contribution in [0.4, 0.5) is 0 Å². The Morgan fingerprint density at radius 1 is 1.03 bits per heavy atom. The SMILES string of the molecule is CCC(C)C(NC(=O)C(N)CC(N)=O)C(=O)NC(CCC(=O)O)C(=O)NC(Cc1cnc[nH]1)C(=O)O. The molecule has 0 radical (unpaired) electrons. The van der Waals surface area contributed by atoms with Crippen molar-refractivity contribution in [2.24, 2.45) is 17.4 Å². The summed E-state index contributed by atoms with van der Waals surface area (Å²) in [7, 11) is 0. The molecule has 1 rings (SSSR count). The molecule has 0 saturated heterocycles. The van der Waals surface area contributed by atoms with Gasteiger partial charge in [0, 0.05) is 24.7 Å². The number of aromatic amines is 1.